The first-order valence-corrected chi connectivity index (χ1v) is 9.40. The summed E-state index contributed by atoms with van der Waals surface area (Å²) in [7, 11) is 2.30. The molecule has 6 bridgehead atoms. The van der Waals surface area contributed by atoms with Crippen LogP contribution in [-0.4, -0.2) is 85.4 Å². The van der Waals surface area contributed by atoms with E-state index in [0.29, 0.717) is 24.2 Å². The van der Waals surface area contributed by atoms with E-state index < -0.39 is 0 Å². The second kappa shape index (κ2) is 6.73. The molecule has 0 aromatic heterocycles. The molecule has 4 unspecified atom stereocenters. The average Bonchev–Trinajstić information content (AvgIpc) is 2.46. The summed E-state index contributed by atoms with van der Waals surface area (Å²) in [4.78, 5) is 7.94. The van der Waals surface area contributed by atoms with E-state index in [0.717, 1.165) is 13.3 Å². The van der Waals surface area contributed by atoms with Gasteiger partial charge in [-0.2, -0.15) is 0 Å². The van der Waals surface area contributed by atoms with Gasteiger partial charge in [0.1, 0.15) is 0 Å². The van der Waals surface area contributed by atoms with Crippen LogP contribution in [0.2, 0.25) is 0 Å². The van der Waals surface area contributed by atoms with Gasteiger partial charge in [0, 0.05) is 50.3 Å². The van der Waals surface area contributed by atoms with Gasteiger partial charge in [0.2, 0.25) is 0 Å². The predicted molar refractivity (Wildman–Crippen MR) is 89.8 cm³/mol. The molecule has 126 valence electrons. The van der Waals surface area contributed by atoms with Crippen molar-refractivity contribution < 1.29 is 0 Å². The molecule has 4 heterocycles. The Morgan fingerprint density at radius 3 is 1.36 bits per heavy atom. The van der Waals surface area contributed by atoms with Crippen LogP contribution in [0.4, 0.5) is 0 Å². The Labute approximate surface area is 135 Å². The van der Waals surface area contributed by atoms with Crippen molar-refractivity contribution >= 4 is 0 Å². The zero-order chi connectivity index (χ0) is 14.9. The molecule has 2 N–H and O–H groups in total. The van der Waals surface area contributed by atoms with E-state index in [1.165, 1.54) is 64.7 Å². The highest BCUT2D eigenvalue weighted by Gasteiger charge is 2.32. The van der Waals surface area contributed by atoms with E-state index in [2.05, 4.69) is 32.4 Å². The van der Waals surface area contributed by atoms with Crippen molar-refractivity contribution in [1.29, 1.82) is 0 Å². The zero-order valence-corrected chi connectivity index (χ0v) is 14.1. The third-order valence-electron chi connectivity index (χ3n) is 5.95. The second-order valence-electron chi connectivity index (χ2n) is 8.19. The van der Waals surface area contributed by atoms with Crippen LogP contribution in [0, 0.1) is 0 Å². The molecule has 22 heavy (non-hydrogen) atoms. The molecule has 0 radical (unpaired) electrons. The fraction of sp³-hybridized carbons (Fsp3) is 1.00. The van der Waals surface area contributed by atoms with E-state index in [1.807, 2.05) is 0 Å². The first kappa shape index (κ1) is 15.3. The molecular weight excluding hydrogens is 274 g/mol. The molecule has 0 aromatic rings. The molecule has 5 heteroatoms. The quantitative estimate of drug-likeness (QED) is 0.681. The normalized spacial score (nSPS) is 47.3. The van der Waals surface area contributed by atoms with Crippen molar-refractivity contribution in [3.05, 3.63) is 0 Å². The summed E-state index contributed by atoms with van der Waals surface area (Å²) < 4.78 is 0. The Hall–Kier alpha value is -0.200. The van der Waals surface area contributed by atoms with E-state index in [4.69, 9.17) is 0 Å². The highest BCUT2D eigenvalue weighted by atomic mass is 15.4. The molecule has 0 spiro atoms. The molecule has 4 saturated heterocycles. The van der Waals surface area contributed by atoms with Crippen LogP contribution in [0.3, 0.4) is 0 Å². The van der Waals surface area contributed by atoms with Crippen molar-refractivity contribution in [3.63, 3.8) is 0 Å². The Bertz CT molecular complexity index is 318. The number of hydrogen-bond donors (Lipinski definition) is 2. The third-order valence-corrected chi connectivity index (χ3v) is 5.95. The summed E-state index contributed by atoms with van der Waals surface area (Å²) in [6.07, 6.45) is 8.25. The van der Waals surface area contributed by atoms with Crippen molar-refractivity contribution in [2.24, 2.45) is 0 Å². The maximum absolute atomic E-state index is 3.96. The summed E-state index contributed by atoms with van der Waals surface area (Å²) in [5, 5.41) is 7.92. The lowest BCUT2D eigenvalue weighted by molar-refractivity contribution is 0.0281. The van der Waals surface area contributed by atoms with Crippen LogP contribution in [0.25, 0.3) is 0 Å². The molecule has 4 atom stereocenters. The van der Waals surface area contributed by atoms with E-state index in [9.17, 15) is 0 Å². The minimum atomic E-state index is 0.700. The minimum absolute atomic E-state index is 0.700. The van der Waals surface area contributed by atoms with Crippen LogP contribution >= 0.6 is 0 Å². The van der Waals surface area contributed by atoms with Crippen LogP contribution < -0.4 is 10.6 Å². The molecule has 0 saturated carbocycles. The highest BCUT2D eigenvalue weighted by Crippen LogP contribution is 2.21. The molecule has 0 amide bonds. The molecular formula is C17H33N5. The van der Waals surface area contributed by atoms with Gasteiger partial charge in [0.25, 0.3) is 0 Å². The van der Waals surface area contributed by atoms with Gasteiger partial charge >= 0.3 is 0 Å². The summed E-state index contributed by atoms with van der Waals surface area (Å²) in [6.45, 7) is 7.13. The Morgan fingerprint density at radius 2 is 1.00 bits per heavy atom. The Kier molecular flexibility index (Phi) is 4.69. The van der Waals surface area contributed by atoms with Gasteiger partial charge in [0.05, 0.1) is 13.3 Å². The maximum atomic E-state index is 3.96. The monoisotopic (exact) mass is 307 g/mol. The van der Waals surface area contributed by atoms with Crippen LogP contribution in [-0.2, 0) is 0 Å². The first-order valence-electron chi connectivity index (χ1n) is 9.40. The number of piperidine rings is 2. The molecule has 0 aromatic carbocycles. The topological polar surface area (TPSA) is 33.8 Å². The van der Waals surface area contributed by atoms with Gasteiger partial charge in [-0.3, -0.25) is 14.7 Å². The Morgan fingerprint density at radius 1 is 0.636 bits per heavy atom. The number of fused-ring (bicyclic) bond motifs is 8. The lowest BCUT2D eigenvalue weighted by Gasteiger charge is -2.46. The Balaban J connectivity index is 1.58. The summed E-state index contributed by atoms with van der Waals surface area (Å²) >= 11 is 0. The number of nitrogens with one attached hydrogen (secondary N) is 2. The smallest absolute Gasteiger partial charge is 0.0516 e. The van der Waals surface area contributed by atoms with Gasteiger partial charge < -0.3 is 10.6 Å². The molecule has 4 aliphatic heterocycles. The standard InChI is InChI=1S/C17H33N5/c1-20-12-21-8-14-4-2-5-15(18-14)9-22(13-20)11-17-7-3-6-16(10-21)19-17/h14-19H,2-13H2,1H3. The second-order valence-corrected chi connectivity index (χ2v) is 8.19. The predicted octanol–water partition coefficient (Wildman–Crippen LogP) is 0.486. The van der Waals surface area contributed by atoms with Gasteiger partial charge in [0.15, 0.2) is 0 Å². The zero-order valence-electron chi connectivity index (χ0n) is 14.1. The lowest BCUT2D eigenvalue weighted by Crippen LogP contribution is -2.62. The fourth-order valence-electron chi connectivity index (χ4n) is 5.15. The number of rotatable bonds is 0. The van der Waals surface area contributed by atoms with Gasteiger partial charge in [-0.15, -0.1) is 0 Å². The van der Waals surface area contributed by atoms with Gasteiger partial charge in [-0.05, 0) is 32.7 Å². The van der Waals surface area contributed by atoms with E-state index in [-0.39, 0.29) is 0 Å². The SMILES string of the molecule is CN1CN2CC3CCCC(CN(CC4CCCC(C2)N4)C1)N3. The molecule has 0 aliphatic carbocycles. The first-order chi connectivity index (χ1) is 10.7. The average molecular weight is 307 g/mol. The van der Waals surface area contributed by atoms with Gasteiger partial charge in [-0.25, -0.2) is 0 Å². The molecule has 5 nitrogen and oxygen atoms in total. The summed E-state index contributed by atoms with van der Waals surface area (Å²) in [5.74, 6) is 0. The number of hydrogen-bond acceptors (Lipinski definition) is 5. The lowest BCUT2D eigenvalue weighted by atomic mass is 9.94. The van der Waals surface area contributed by atoms with Crippen molar-refractivity contribution in [2.45, 2.75) is 62.7 Å². The largest absolute Gasteiger partial charge is 0.309 e. The van der Waals surface area contributed by atoms with Crippen LogP contribution in [0.15, 0.2) is 0 Å². The molecule has 4 rings (SSSR count). The highest BCUT2D eigenvalue weighted by molar-refractivity contribution is 4.91. The molecule has 4 fully saturated rings. The van der Waals surface area contributed by atoms with Crippen LogP contribution in [0.1, 0.15) is 38.5 Å². The molecule has 4 aliphatic rings. The van der Waals surface area contributed by atoms with Crippen molar-refractivity contribution in [1.82, 2.24) is 25.3 Å². The minimum Gasteiger partial charge on any atom is -0.309 e. The van der Waals surface area contributed by atoms with Crippen molar-refractivity contribution in [3.8, 4) is 0 Å². The van der Waals surface area contributed by atoms with Crippen LogP contribution in [0.5, 0.6) is 0 Å². The fourth-order valence-corrected chi connectivity index (χ4v) is 5.15. The summed E-state index contributed by atoms with van der Waals surface area (Å²) in [5.41, 5.74) is 0. The van der Waals surface area contributed by atoms with Gasteiger partial charge in [-0.1, -0.05) is 12.8 Å². The van der Waals surface area contributed by atoms with Crippen molar-refractivity contribution in [2.75, 3.05) is 46.6 Å². The summed E-state index contributed by atoms with van der Waals surface area (Å²) in [6, 6.07) is 2.80. The van der Waals surface area contributed by atoms with E-state index >= 15 is 0 Å². The maximum Gasteiger partial charge on any atom is 0.0516 e. The third kappa shape index (κ3) is 3.65. The number of nitrogens with zero attached hydrogens (tertiary/aromatic N) is 3. The van der Waals surface area contributed by atoms with E-state index in [1.54, 1.807) is 0 Å².